The van der Waals surface area contributed by atoms with Crippen molar-refractivity contribution in [2.24, 2.45) is 5.41 Å². The predicted molar refractivity (Wildman–Crippen MR) is 70.8 cm³/mol. The van der Waals surface area contributed by atoms with Gasteiger partial charge in [-0.2, -0.15) is 0 Å². The number of aryl methyl sites for hydroxylation is 2. The summed E-state index contributed by atoms with van der Waals surface area (Å²) >= 11 is 0. The van der Waals surface area contributed by atoms with Crippen LogP contribution in [0.15, 0.2) is 4.52 Å². The van der Waals surface area contributed by atoms with Crippen molar-refractivity contribution in [1.29, 1.82) is 0 Å². The maximum Gasteiger partial charge on any atom is 0.220 e. The molecule has 2 rings (SSSR count). The minimum Gasteiger partial charge on any atom is -0.396 e. The smallest absolute Gasteiger partial charge is 0.220 e. The van der Waals surface area contributed by atoms with Gasteiger partial charge in [-0.25, -0.2) is 0 Å². The van der Waals surface area contributed by atoms with Gasteiger partial charge in [0.15, 0.2) is 0 Å². The van der Waals surface area contributed by atoms with Crippen LogP contribution in [-0.4, -0.2) is 29.3 Å². The van der Waals surface area contributed by atoms with Crippen LogP contribution < -0.4 is 5.32 Å². The van der Waals surface area contributed by atoms with Gasteiger partial charge in [0.2, 0.25) is 5.91 Å². The van der Waals surface area contributed by atoms with Gasteiger partial charge in [-0.1, -0.05) is 12.1 Å². The summed E-state index contributed by atoms with van der Waals surface area (Å²) in [6.07, 6.45) is 2.43. The zero-order chi connectivity index (χ0) is 14.0. The molecule has 0 spiro atoms. The Balaban J connectivity index is 1.85. The van der Waals surface area contributed by atoms with E-state index >= 15 is 0 Å². The lowest BCUT2D eigenvalue weighted by atomic mass is 9.96. The van der Waals surface area contributed by atoms with Gasteiger partial charge >= 0.3 is 0 Å². The van der Waals surface area contributed by atoms with E-state index in [1.165, 1.54) is 0 Å². The minimum atomic E-state index is -0.0398. The quantitative estimate of drug-likeness (QED) is 0.821. The van der Waals surface area contributed by atoms with Gasteiger partial charge in [0.05, 0.1) is 12.3 Å². The molecule has 2 N–H and O–H groups in total. The van der Waals surface area contributed by atoms with Gasteiger partial charge in [-0.3, -0.25) is 4.79 Å². The number of nitrogens with one attached hydrogen (secondary N) is 1. The van der Waals surface area contributed by atoms with Gasteiger partial charge in [0.1, 0.15) is 5.76 Å². The van der Waals surface area contributed by atoms with Crippen LogP contribution in [0.5, 0.6) is 0 Å². The number of hydrogen-bond acceptors (Lipinski definition) is 4. The summed E-state index contributed by atoms with van der Waals surface area (Å²) in [5.74, 6) is 0.898. The molecular weight excluding hydrogens is 244 g/mol. The third kappa shape index (κ3) is 3.15. The molecule has 106 valence electrons. The van der Waals surface area contributed by atoms with Gasteiger partial charge in [-0.15, -0.1) is 0 Å². The number of amides is 1. The molecule has 1 aliphatic carbocycles. The summed E-state index contributed by atoms with van der Waals surface area (Å²) < 4.78 is 5.12. The number of hydrogen-bond donors (Lipinski definition) is 2. The molecule has 1 atom stereocenters. The fourth-order valence-corrected chi connectivity index (χ4v) is 2.50. The number of carbonyl (C=O) groups excluding carboxylic acids is 1. The topological polar surface area (TPSA) is 75.4 Å². The molecular formula is C14H22N2O3. The Morgan fingerprint density at radius 2 is 2.21 bits per heavy atom. The molecule has 1 aliphatic rings. The molecule has 0 saturated heterocycles. The average molecular weight is 266 g/mol. The standard InChI is InChI=1S/C14H22N2O3/c1-9(13-10(2)16-19-11(13)3)6-12(18)15-7-14(8-17)4-5-14/h9,17H,4-8H2,1-3H3,(H,15,18). The fraction of sp³-hybridized carbons (Fsp3) is 0.714. The second kappa shape index (κ2) is 5.33. The van der Waals surface area contributed by atoms with Crippen molar-refractivity contribution in [2.45, 2.75) is 46.0 Å². The Hall–Kier alpha value is -1.36. The molecule has 1 aromatic heterocycles. The van der Waals surface area contributed by atoms with Crippen LogP contribution in [0.1, 0.15) is 49.1 Å². The molecule has 5 nitrogen and oxygen atoms in total. The molecule has 0 aromatic carbocycles. The number of carbonyl (C=O) groups is 1. The van der Waals surface area contributed by atoms with Crippen molar-refractivity contribution in [2.75, 3.05) is 13.2 Å². The largest absolute Gasteiger partial charge is 0.396 e. The zero-order valence-corrected chi connectivity index (χ0v) is 11.8. The first-order valence-electron chi connectivity index (χ1n) is 6.78. The first-order valence-corrected chi connectivity index (χ1v) is 6.78. The van der Waals surface area contributed by atoms with Crippen molar-refractivity contribution in [1.82, 2.24) is 10.5 Å². The Labute approximate surface area is 113 Å². The van der Waals surface area contributed by atoms with Crippen LogP contribution in [0.3, 0.4) is 0 Å². The van der Waals surface area contributed by atoms with E-state index in [2.05, 4.69) is 10.5 Å². The lowest BCUT2D eigenvalue weighted by molar-refractivity contribution is -0.121. The molecule has 0 radical (unpaired) electrons. The summed E-state index contributed by atoms with van der Waals surface area (Å²) in [6, 6.07) is 0. The second-order valence-corrected chi connectivity index (χ2v) is 5.78. The molecule has 19 heavy (non-hydrogen) atoms. The highest BCUT2D eigenvalue weighted by atomic mass is 16.5. The first-order chi connectivity index (χ1) is 8.97. The molecule has 1 heterocycles. The number of aliphatic hydroxyl groups is 1. The van der Waals surface area contributed by atoms with Crippen LogP contribution in [0.4, 0.5) is 0 Å². The van der Waals surface area contributed by atoms with Crippen LogP contribution in [0.25, 0.3) is 0 Å². The third-order valence-corrected chi connectivity index (χ3v) is 4.03. The number of nitrogens with zero attached hydrogens (tertiary/aromatic N) is 1. The zero-order valence-electron chi connectivity index (χ0n) is 11.8. The Morgan fingerprint density at radius 1 is 1.53 bits per heavy atom. The van der Waals surface area contributed by atoms with Gasteiger partial charge in [-0.05, 0) is 32.6 Å². The Kier molecular flexibility index (Phi) is 3.94. The van der Waals surface area contributed by atoms with E-state index in [0.717, 1.165) is 29.9 Å². The molecule has 1 aromatic rings. The molecule has 5 heteroatoms. The highest BCUT2D eigenvalue weighted by molar-refractivity contribution is 5.77. The highest BCUT2D eigenvalue weighted by Crippen LogP contribution is 2.44. The van der Waals surface area contributed by atoms with E-state index in [1.54, 1.807) is 0 Å². The summed E-state index contributed by atoms with van der Waals surface area (Å²) in [7, 11) is 0. The van der Waals surface area contributed by atoms with Crippen molar-refractivity contribution in [3.63, 3.8) is 0 Å². The Bertz CT molecular complexity index is 444. The van der Waals surface area contributed by atoms with Crippen LogP contribution in [0.2, 0.25) is 0 Å². The van der Waals surface area contributed by atoms with Crippen LogP contribution >= 0.6 is 0 Å². The van der Waals surface area contributed by atoms with E-state index in [1.807, 2.05) is 20.8 Å². The van der Waals surface area contributed by atoms with E-state index in [0.29, 0.717) is 13.0 Å². The summed E-state index contributed by atoms with van der Waals surface area (Å²) in [4.78, 5) is 11.9. The third-order valence-electron chi connectivity index (χ3n) is 4.03. The maximum atomic E-state index is 11.9. The lowest BCUT2D eigenvalue weighted by Crippen LogP contribution is -2.32. The molecule has 0 aliphatic heterocycles. The average Bonchev–Trinajstić information content (AvgIpc) is 3.07. The molecule has 1 fully saturated rings. The SMILES string of the molecule is Cc1noc(C)c1C(C)CC(=O)NCC1(CO)CC1. The Morgan fingerprint density at radius 3 is 2.68 bits per heavy atom. The predicted octanol–water partition coefficient (Wildman–Crippen LogP) is 1.67. The summed E-state index contributed by atoms with van der Waals surface area (Å²) in [5, 5.41) is 16.0. The van der Waals surface area contributed by atoms with E-state index in [4.69, 9.17) is 4.52 Å². The molecule has 1 unspecified atom stereocenters. The van der Waals surface area contributed by atoms with Gasteiger partial charge < -0.3 is 14.9 Å². The number of aromatic nitrogens is 1. The molecule has 1 amide bonds. The molecule has 1 saturated carbocycles. The van der Waals surface area contributed by atoms with Crippen molar-refractivity contribution in [3.05, 3.63) is 17.0 Å². The van der Waals surface area contributed by atoms with E-state index in [9.17, 15) is 9.90 Å². The van der Waals surface area contributed by atoms with Crippen LogP contribution in [0, 0.1) is 19.3 Å². The highest BCUT2D eigenvalue weighted by Gasteiger charge is 2.42. The van der Waals surface area contributed by atoms with Crippen molar-refractivity contribution in [3.8, 4) is 0 Å². The van der Waals surface area contributed by atoms with E-state index < -0.39 is 0 Å². The molecule has 0 bridgehead atoms. The lowest BCUT2D eigenvalue weighted by Gasteiger charge is -2.15. The minimum absolute atomic E-state index is 0.0206. The summed E-state index contributed by atoms with van der Waals surface area (Å²) in [6.45, 7) is 6.51. The monoisotopic (exact) mass is 266 g/mol. The van der Waals surface area contributed by atoms with Crippen molar-refractivity contribution >= 4 is 5.91 Å². The van der Waals surface area contributed by atoms with Crippen molar-refractivity contribution < 1.29 is 14.4 Å². The summed E-state index contributed by atoms with van der Waals surface area (Å²) in [5.41, 5.74) is 1.84. The maximum absolute atomic E-state index is 11.9. The second-order valence-electron chi connectivity index (χ2n) is 5.78. The van der Waals surface area contributed by atoms with Gasteiger partial charge in [0, 0.05) is 23.9 Å². The number of aliphatic hydroxyl groups excluding tert-OH is 1. The first kappa shape index (κ1) is 14.1. The number of rotatable bonds is 6. The van der Waals surface area contributed by atoms with E-state index in [-0.39, 0.29) is 23.8 Å². The normalized spacial score (nSPS) is 18.1. The van der Waals surface area contributed by atoms with Crippen LogP contribution in [-0.2, 0) is 4.79 Å². The fourth-order valence-electron chi connectivity index (χ4n) is 2.50. The van der Waals surface area contributed by atoms with Gasteiger partial charge in [0.25, 0.3) is 0 Å².